The molecule has 1 heterocycles. The topological polar surface area (TPSA) is 78.8 Å². The van der Waals surface area contributed by atoms with Gasteiger partial charge >= 0.3 is 0 Å². The van der Waals surface area contributed by atoms with Crippen molar-refractivity contribution in [1.29, 1.82) is 0 Å². The maximum Gasteiger partial charge on any atom is 0.182 e. The van der Waals surface area contributed by atoms with Crippen LogP contribution in [0.1, 0.15) is 25.3 Å². The van der Waals surface area contributed by atoms with Gasteiger partial charge in [-0.15, -0.1) is 5.10 Å². The van der Waals surface area contributed by atoms with Crippen LogP contribution in [0.15, 0.2) is 24.3 Å². The van der Waals surface area contributed by atoms with Gasteiger partial charge in [-0.25, -0.2) is 4.68 Å². The fraction of sp³-hybridized carbons (Fsp3) is 0.462. The first-order valence-electron chi connectivity index (χ1n) is 6.46. The number of methoxy groups -OCH3 is 1. The average molecular weight is 259 g/mol. The van der Waals surface area contributed by atoms with Crippen LogP contribution in [-0.4, -0.2) is 33.4 Å². The molecule has 1 aliphatic rings. The molecule has 0 radical (unpaired) electrons. The zero-order valence-corrected chi connectivity index (χ0v) is 10.9. The number of nitrogen functional groups attached to an aromatic ring is 1. The SMILES string of the molecule is COC1CCCC1n1nnnc1-c1cccc(N)c1. The molecule has 0 bridgehead atoms. The van der Waals surface area contributed by atoms with E-state index >= 15 is 0 Å². The zero-order valence-electron chi connectivity index (χ0n) is 10.9. The van der Waals surface area contributed by atoms with Crippen molar-refractivity contribution in [2.24, 2.45) is 0 Å². The summed E-state index contributed by atoms with van der Waals surface area (Å²) in [5.41, 5.74) is 7.47. The van der Waals surface area contributed by atoms with E-state index in [0.29, 0.717) is 5.69 Å². The number of hydrogen-bond acceptors (Lipinski definition) is 5. The van der Waals surface area contributed by atoms with Crippen molar-refractivity contribution in [2.75, 3.05) is 12.8 Å². The highest BCUT2D eigenvalue weighted by atomic mass is 16.5. The molecule has 0 saturated heterocycles. The van der Waals surface area contributed by atoms with E-state index in [-0.39, 0.29) is 12.1 Å². The summed E-state index contributed by atoms with van der Waals surface area (Å²) < 4.78 is 7.39. The van der Waals surface area contributed by atoms with Crippen molar-refractivity contribution in [2.45, 2.75) is 31.4 Å². The molecule has 0 amide bonds. The second-order valence-electron chi connectivity index (χ2n) is 4.84. The fourth-order valence-corrected chi connectivity index (χ4v) is 2.75. The maximum absolute atomic E-state index is 5.82. The Morgan fingerprint density at radius 1 is 1.37 bits per heavy atom. The lowest BCUT2D eigenvalue weighted by atomic mass is 10.1. The Hall–Kier alpha value is -1.95. The first-order chi connectivity index (χ1) is 9.29. The Morgan fingerprint density at radius 3 is 3.05 bits per heavy atom. The van der Waals surface area contributed by atoms with Gasteiger partial charge in [0.15, 0.2) is 5.82 Å². The van der Waals surface area contributed by atoms with Crippen molar-refractivity contribution in [3.8, 4) is 11.4 Å². The second-order valence-corrected chi connectivity index (χ2v) is 4.84. The predicted octanol–water partition coefficient (Wildman–Crippen LogP) is 1.66. The van der Waals surface area contributed by atoms with E-state index in [0.717, 1.165) is 30.7 Å². The molecule has 2 unspecified atom stereocenters. The van der Waals surface area contributed by atoms with E-state index in [1.807, 2.05) is 28.9 Å². The van der Waals surface area contributed by atoms with Crippen LogP contribution in [0.2, 0.25) is 0 Å². The lowest BCUT2D eigenvalue weighted by Gasteiger charge is -2.19. The summed E-state index contributed by atoms with van der Waals surface area (Å²) >= 11 is 0. The minimum absolute atomic E-state index is 0.184. The van der Waals surface area contributed by atoms with Crippen LogP contribution in [0.5, 0.6) is 0 Å². The number of hydrogen-bond donors (Lipinski definition) is 1. The molecule has 2 atom stereocenters. The molecular formula is C13H17N5O. The number of ether oxygens (including phenoxy) is 1. The van der Waals surface area contributed by atoms with Gasteiger partial charge in [0, 0.05) is 18.4 Å². The van der Waals surface area contributed by atoms with Gasteiger partial charge in [-0.05, 0) is 41.8 Å². The third kappa shape index (κ3) is 2.19. The molecule has 6 nitrogen and oxygen atoms in total. The number of tetrazole rings is 1. The summed E-state index contributed by atoms with van der Waals surface area (Å²) in [6.07, 6.45) is 3.42. The highest BCUT2D eigenvalue weighted by molar-refractivity contribution is 5.60. The third-order valence-corrected chi connectivity index (χ3v) is 3.67. The Balaban J connectivity index is 1.98. The van der Waals surface area contributed by atoms with Crippen molar-refractivity contribution in [3.63, 3.8) is 0 Å². The lowest BCUT2D eigenvalue weighted by molar-refractivity contribution is 0.0708. The number of aromatic nitrogens is 4. The Labute approximate surface area is 111 Å². The molecule has 100 valence electrons. The standard InChI is InChI=1S/C13H17N5O/c1-19-12-7-3-6-11(12)18-13(15-16-17-18)9-4-2-5-10(14)8-9/h2,4-5,8,11-12H,3,6-7,14H2,1H3. The summed E-state index contributed by atoms with van der Waals surface area (Å²) in [6.45, 7) is 0. The Morgan fingerprint density at radius 2 is 2.26 bits per heavy atom. The van der Waals surface area contributed by atoms with Crippen LogP contribution in [0, 0.1) is 0 Å². The predicted molar refractivity (Wildman–Crippen MR) is 71.4 cm³/mol. The van der Waals surface area contributed by atoms with E-state index in [9.17, 15) is 0 Å². The van der Waals surface area contributed by atoms with E-state index in [1.165, 1.54) is 0 Å². The smallest absolute Gasteiger partial charge is 0.182 e. The molecule has 1 saturated carbocycles. The summed E-state index contributed by atoms with van der Waals surface area (Å²) in [5.74, 6) is 0.751. The third-order valence-electron chi connectivity index (χ3n) is 3.67. The Kier molecular flexibility index (Phi) is 3.16. The van der Waals surface area contributed by atoms with Gasteiger partial charge in [-0.1, -0.05) is 12.1 Å². The van der Waals surface area contributed by atoms with Crippen LogP contribution < -0.4 is 5.73 Å². The fourth-order valence-electron chi connectivity index (χ4n) is 2.75. The first kappa shape index (κ1) is 12.1. The molecule has 19 heavy (non-hydrogen) atoms. The van der Waals surface area contributed by atoms with E-state index in [2.05, 4.69) is 15.5 Å². The van der Waals surface area contributed by atoms with Gasteiger partial charge in [0.1, 0.15) is 0 Å². The summed E-state index contributed by atoms with van der Waals surface area (Å²) in [5, 5.41) is 12.1. The number of benzene rings is 1. The quantitative estimate of drug-likeness (QED) is 0.848. The molecule has 1 aliphatic carbocycles. The van der Waals surface area contributed by atoms with Crippen LogP contribution >= 0.6 is 0 Å². The van der Waals surface area contributed by atoms with Gasteiger partial charge in [0.25, 0.3) is 0 Å². The second kappa shape index (κ2) is 4.97. The lowest BCUT2D eigenvalue weighted by Crippen LogP contribution is -2.22. The molecule has 1 aromatic carbocycles. The van der Waals surface area contributed by atoms with Crippen molar-refractivity contribution in [1.82, 2.24) is 20.2 Å². The minimum Gasteiger partial charge on any atom is -0.399 e. The molecule has 2 N–H and O–H groups in total. The number of rotatable bonds is 3. The molecule has 1 fully saturated rings. The van der Waals surface area contributed by atoms with Gasteiger partial charge in [-0.3, -0.25) is 0 Å². The zero-order chi connectivity index (χ0) is 13.2. The molecule has 6 heteroatoms. The number of nitrogens with two attached hydrogens (primary N) is 1. The van der Waals surface area contributed by atoms with E-state index in [1.54, 1.807) is 7.11 Å². The van der Waals surface area contributed by atoms with Gasteiger partial charge in [0.05, 0.1) is 12.1 Å². The highest BCUT2D eigenvalue weighted by Crippen LogP contribution is 2.34. The normalized spacial score (nSPS) is 22.8. The van der Waals surface area contributed by atoms with Crippen LogP contribution in [0.4, 0.5) is 5.69 Å². The maximum atomic E-state index is 5.82. The molecule has 0 aliphatic heterocycles. The first-order valence-corrected chi connectivity index (χ1v) is 6.46. The van der Waals surface area contributed by atoms with E-state index < -0.39 is 0 Å². The van der Waals surface area contributed by atoms with Crippen LogP contribution in [0.3, 0.4) is 0 Å². The molecular weight excluding hydrogens is 242 g/mol. The average Bonchev–Trinajstić information content (AvgIpc) is 3.06. The Bertz CT molecular complexity index is 568. The number of nitrogens with zero attached hydrogens (tertiary/aromatic N) is 4. The summed E-state index contributed by atoms with van der Waals surface area (Å²) in [6, 6.07) is 7.82. The van der Waals surface area contributed by atoms with Gasteiger partial charge in [0.2, 0.25) is 0 Å². The van der Waals surface area contributed by atoms with Crippen molar-refractivity contribution < 1.29 is 4.74 Å². The van der Waals surface area contributed by atoms with Crippen molar-refractivity contribution in [3.05, 3.63) is 24.3 Å². The highest BCUT2D eigenvalue weighted by Gasteiger charge is 2.31. The van der Waals surface area contributed by atoms with Gasteiger partial charge in [-0.2, -0.15) is 0 Å². The summed E-state index contributed by atoms with van der Waals surface area (Å²) in [7, 11) is 1.74. The van der Waals surface area contributed by atoms with E-state index in [4.69, 9.17) is 10.5 Å². The molecule has 1 aromatic heterocycles. The van der Waals surface area contributed by atoms with Crippen LogP contribution in [-0.2, 0) is 4.74 Å². The largest absolute Gasteiger partial charge is 0.399 e. The molecule has 0 spiro atoms. The summed E-state index contributed by atoms with van der Waals surface area (Å²) in [4.78, 5) is 0. The monoisotopic (exact) mass is 259 g/mol. The minimum atomic E-state index is 0.184. The van der Waals surface area contributed by atoms with Crippen LogP contribution in [0.25, 0.3) is 11.4 Å². The molecule has 3 rings (SSSR count). The van der Waals surface area contributed by atoms with Gasteiger partial charge < -0.3 is 10.5 Å². The number of anilines is 1. The molecule has 2 aromatic rings. The van der Waals surface area contributed by atoms with Crippen molar-refractivity contribution >= 4 is 5.69 Å².